The van der Waals surface area contributed by atoms with Crippen LogP contribution in [-0.4, -0.2) is 46.3 Å². The highest BCUT2D eigenvalue weighted by atomic mass is 32.1. The van der Waals surface area contributed by atoms with Crippen LogP contribution in [0.2, 0.25) is 0 Å². The minimum atomic E-state index is -0.124. The first kappa shape index (κ1) is 17.3. The molecule has 0 N–H and O–H groups in total. The quantitative estimate of drug-likeness (QED) is 0.647. The highest BCUT2D eigenvalue weighted by molar-refractivity contribution is 7.09. The van der Waals surface area contributed by atoms with Crippen LogP contribution in [0.3, 0.4) is 0 Å². The molecule has 1 amide bonds. The Kier molecular flexibility index (Phi) is 5.13. The molecule has 0 spiro atoms. The first-order valence-corrected chi connectivity index (χ1v) is 9.57. The van der Waals surface area contributed by atoms with Gasteiger partial charge in [0.1, 0.15) is 0 Å². The molecule has 1 aromatic heterocycles. The molecule has 6 heteroatoms. The number of nitrogens with zero attached hydrogens (tertiary/aromatic N) is 4. The predicted octanol–water partition coefficient (Wildman–Crippen LogP) is 2.91. The van der Waals surface area contributed by atoms with E-state index in [1.54, 1.807) is 4.90 Å². The summed E-state index contributed by atoms with van der Waals surface area (Å²) in [5, 5.41) is 0.899. The highest BCUT2D eigenvalue weighted by Gasteiger charge is 2.22. The summed E-state index contributed by atoms with van der Waals surface area (Å²) in [4.78, 5) is 20.9. The van der Waals surface area contributed by atoms with Gasteiger partial charge in [-0.1, -0.05) is 54.5 Å². The van der Waals surface area contributed by atoms with Gasteiger partial charge in [0.15, 0.2) is 5.82 Å². The summed E-state index contributed by atoms with van der Waals surface area (Å²) >= 11 is 1.40. The fourth-order valence-electron chi connectivity index (χ4n) is 2.88. The Morgan fingerprint density at radius 1 is 0.926 bits per heavy atom. The second kappa shape index (κ2) is 8.02. The molecule has 0 atom stereocenters. The summed E-state index contributed by atoms with van der Waals surface area (Å²) in [5.41, 5.74) is 1.87. The number of anilines is 1. The number of piperazine rings is 1. The van der Waals surface area contributed by atoms with Gasteiger partial charge in [0.25, 0.3) is 5.91 Å². The Labute approximate surface area is 162 Å². The molecule has 0 saturated carbocycles. The number of hydrogen-bond acceptors (Lipinski definition) is 5. The fraction of sp³-hybridized carbons (Fsp3) is 0.190. The molecule has 0 bridgehead atoms. The van der Waals surface area contributed by atoms with Gasteiger partial charge in [-0.3, -0.25) is 4.79 Å². The van der Waals surface area contributed by atoms with Crippen LogP contribution < -0.4 is 4.90 Å². The molecule has 0 unspecified atom stereocenters. The summed E-state index contributed by atoms with van der Waals surface area (Å²) in [6.07, 6.45) is 0. The van der Waals surface area contributed by atoms with Crippen molar-refractivity contribution in [3.8, 4) is 23.2 Å². The monoisotopic (exact) mass is 374 g/mol. The van der Waals surface area contributed by atoms with Crippen LogP contribution in [-0.2, 0) is 4.79 Å². The van der Waals surface area contributed by atoms with Crippen molar-refractivity contribution in [1.82, 2.24) is 14.3 Å². The Morgan fingerprint density at radius 3 is 2.30 bits per heavy atom. The van der Waals surface area contributed by atoms with Crippen molar-refractivity contribution in [1.29, 1.82) is 0 Å². The highest BCUT2D eigenvalue weighted by Crippen LogP contribution is 2.24. The molecule has 27 heavy (non-hydrogen) atoms. The summed E-state index contributed by atoms with van der Waals surface area (Å²) in [6, 6.07) is 19.5. The van der Waals surface area contributed by atoms with Crippen molar-refractivity contribution >= 4 is 22.6 Å². The van der Waals surface area contributed by atoms with E-state index >= 15 is 0 Å². The fourth-order valence-corrected chi connectivity index (χ4v) is 3.62. The Hall–Kier alpha value is -3.17. The SMILES string of the molecule is O=C(C#Cc1ccccc1)N1CCN(c2nc(-c3ccccc3)ns2)CC1. The minimum absolute atomic E-state index is 0.124. The van der Waals surface area contributed by atoms with Gasteiger partial charge in [-0.05, 0) is 12.1 Å². The lowest BCUT2D eigenvalue weighted by molar-refractivity contribution is -0.125. The largest absolute Gasteiger partial charge is 0.343 e. The topological polar surface area (TPSA) is 49.3 Å². The van der Waals surface area contributed by atoms with Crippen LogP contribution in [0.25, 0.3) is 11.4 Å². The van der Waals surface area contributed by atoms with E-state index in [1.165, 1.54) is 11.5 Å². The number of hydrogen-bond donors (Lipinski definition) is 0. The van der Waals surface area contributed by atoms with Gasteiger partial charge in [0, 0.05) is 54.8 Å². The van der Waals surface area contributed by atoms with Gasteiger partial charge in [0.05, 0.1) is 0 Å². The Morgan fingerprint density at radius 2 is 1.59 bits per heavy atom. The van der Waals surface area contributed by atoms with Crippen molar-refractivity contribution in [2.45, 2.75) is 0 Å². The van der Waals surface area contributed by atoms with Crippen LogP contribution in [0, 0.1) is 11.8 Å². The number of rotatable bonds is 2. The normalized spacial score (nSPS) is 13.8. The molecule has 3 aromatic rings. The molecule has 1 aliphatic rings. The van der Waals surface area contributed by atoms with Gasteiger partial charge in [-0.25, -0.2) is 0 Å². The van der Waals surface area contributed by atoms with Crippen molar-refractivity contribution in [3.05, 3.63) is 66.2 Å². The Bertz CT molecular complexity index is 967. The van der Waals surface area contributed by atoms with Crippen LogP contribution in [0.1, 0.15) is 5.56 Å². The van der Waals surface area contributed by atoms with Crippen molar-refractivity contribution in [2.75, 3.05) is 31.1 Å². The standard InChI is InChI=1S/C21H18N4OS/c26-19(12-11-17-7-3-1-4-8-17)24-13-15-25(16-14-24)21-22-20(23-27-21)18-9-5-2-6-10-18/h1-10H,13-16H2. The lowest BCUT2D eigenvalue weighted by Crippen LogP contribution is -2.48. The lowest BCUT2D eigenvalue weighted by atomic mass is 10.2. The maximum absolute atomic E-state index is 12.3. The summed E-state index contributed by atoms with van der Waals surface area (Å²) in [7, 11) is 0. The zero-order chi connectivity index (χ0) is 18.5. The van der Waals surface area contributed by atoms with Crippen LogP contribution in [0.15, 0.2) is 60.7 Å². The number of carbonyl (C=O) groups excluding carboxylic acids is 1. The summed E-state index contributed by atoms with van der Waals surface area (Å²) < 4.78 is 4.46. The maximum atomic E-state index is 12.3. The zero-order valence-corrected chi connectivity index (χ0v) is 15.5. The molecular weight excluding hydrogens is 356 g/mol. The zero-order valence-electron chi connectivity index (χ0n) is 14.7. The average molecular weight is 374 g/mol. The van der Waals surface area contributed by atoms with Gasteiger partial charge in [-0.15, -0.1) is 0 Å². The number of amides is 1. The average Bonchev–Trinajstić information content (AvgIpc) is 3.24. The molecule has 0 radical (unpaired) electrons. The van der Waals surface area contributed by atoms with Gasteiger partial charge >= 0.3 is 0 Å². The molecule has 1 aliphatic heterocycles. The maximum Gasteiger partial charge on any atom is 0.298 e. The molecule has 2 heterocycles. The molecule has 2 aromatic carbocycles. The first-order valence-electron chi connectivity index (χ1n) is 8.80. The van der Waals surface area contributed by atoms with E-state index in [1.807, 2.05) is 60.7 Å². The van der Waals surface area contributed by atoms with Crippen molar-refractivity contribution in [3.63, 3.8) is 0 Å². The Balaban J connectivity index is 1.36. The van der Waals surface area contributed by atoms with E-state index in [0.29, 0.717) is 13.1 Å². The van der Waals surface area contributed by atoms with Crippen LogP contribution in [0.5, 0.6) is 0 Å². The first-order chi connectivity index (χ1) is 13.3. The molecule has 5 nitrogen and oxygen atoms in total. The van der Waals surface area contributed by atoms with E-state index in [4.69, 9.17) is 0 Å². The number of aromatic nitrogens is 2. The van der Waals surface area contributed by atoms with Gasteiger partial charge in [0.2, 0.25) is 5.13 Å². The predicted molar refractivity (Wildman–Crippen MR) is 107 cm³/mol. The third kappa shape index (κ3) is 4.15. The molecule has 4 rings (SSSR count). The third-order valence-electron chi connectivity index (χ3n) is 4.37. The van der Waals surface area contributed by atoms with Crippen LogP contribution in [0.4, 0.5) is 5.13 Å². The number of benzene rings is 2. The van der Waals surface area contributed by atoms with E-state index < -0.39 is 0 Å². The summed E-state index contributed by atoms with van der Waals surface area (Å²) in [6.45, 7) is 2.76. The van der Waals surface area contributed by atoms with E-state index in [-0.39, 0.29) is 5.91 Å². The lowest BCUT2D eigenvalue weighted by Gasteiger charge is -2.33. The smallest absolute Gasteiger partial charge is 0.298 e. The molecule has 134 valence electrons. The van der Waals surface area contributed by atoms with Gasteiger partial charge in [-0.2, -0.15) is 9.36 Å². The van der Waals surface area contributed by atoms with E-state index in [0.717, 1.165) is 35.2 Å². The second-order valence-corrected chi connectivity index (χ2v) is 6.89. The summed E-state index contributed by atoms with van der Waals surface area (Å²) in [5.74, 6) is 6.30. The van der Waals surface area contributed by atoms with Crippen molar-refractivity contribution in [2.24, 2.45) is 0 Å². The van der Waals surface area contributed by atoms with Gasteiger partial charge < -0.3 is 9.80 Å². The van der Waals surface area contributed by atoms with Crippen molar-refractivity contribution < 1.29 is 4.79 Å². The second-order valence-electron chi connectivity index (χ2n) is 6.16. The van der Waals surface area contributed by atoms with Crippen LogP contribution >= 0.6 is 11.5 Å². The molecule has 0 aliphatic carbocycles. The molecular formula is C21H18N4OS. The molecule has 1 saturated heterocycles. The van der Waals surface area contributed by atoms with E-state index in [9.17, 15) is 4.79 Å². The minimum Gasteiger partial charge on any atom is -0.343 e. The molecule has 1 fully saturated rings. The van der Waals surface area contributed by atoms with E-state index in [2.05, 4.69) is 26.1 Å². The third-order valence-corrected chi connectivity index (χ3v) is 5.15. The number of carbonyl (C=O) groups is 1.